The number of amides is 2. The minimum absolute atomic E-state index is 0.00462. The highest BCUT2D eigenvalue weighted by Crippen LogP contribution is 2.12. The number of hydrogen-bond donors (Lipinski definition) is 2. The first kappa shape index (κ1) is 23.0. The van der Waals surface area contributed by atoms with Gasteiger partial charge in [-0.2, -0.15) is 0 Å². The number of hydrogen-bond acceptors (Lipinski definition) is 4. The molecule has 2 rings (SSSR count). The average Bonchev–Trinajstić information content (AvgIpc) is 2.64. The summed E-state index contributed by atoms with van der Waals surface area (Å²) in [6, 6.07) is 12.0. The van der Waals surface area contributed by atoms with E-state index in [9.17, 15) is 23.6 Å². The van der Waals surface area contributed by atoms with E-state index >= 15 is 0 Å². The van der Waals surface area contributed by atoms with Crippen LogP contribution in [-0.2, 0) is 9.59 Å². The lowest BCUT2D eigenvalue weighted by Crippen LogP contribution is -2.12. The Labute approximate surface area is 166 Å². The SMILES string of the molecule is NC(=O)CCC(=O)c1cccc(Cl)c1.NC(=O)CCC(=O)c1cccc(F)c1. The fraction of sp³-hybridized carbons (Fsp3) is 0.200. The standard InChI is InChI=1S/C10H10ClNO2.C10H10FNO2/c2*11-8-3-1-2-7(6-8)9(13)4-5-10(12)14/h2*1-3,6H,4-5H2,(H2,12,14). The number of Topliss-reactive ketones (excluding diaryl/α,β-unsaturated/α-hetero) is 2. The summed E-state index contributed by atoms with van der Waals surface area (Å²) >= 11 is 5.71. The number of carbonyl (C=O) groups is 4. The van der Waals surface area contributed by atoms with Gasteiger partial charge in [-0.25, -0.2) is 4.39 Å². The van der Waals surface area contributed by atoms with Crippen LogP contribution in [0, 0.1) is 5.82 Å². The summed E-state index contributed by atoms with van der Waals surface area (Å²) in [5.41, 5.74) is 10.6. The van der Waals surface area contributed by atoms with Crippen LogP contribution in [0.3, 0.4) is 0 Å². The molecule has 0 fully saturated rings. The van der Waals surface area contributed by atoms with Gasteiger partial charge in [-0.1, -0.05) is 35.9 Å². The third-order valence-electron chi connectivity index (χ3n) is 3.49. The Morgan fingerprint density at radius 2 is 1.21 bits per heavy atom. The quantitative estimate of drug-likeness (QED) is 0.654. The number of halogens is 2. The minimum Gasteiger partial charge on any atom is -0.370 e. The minimum atomic E-state index is -0.533. The molecule has 0 aliphatic carbocycles. The van der Waals surface area contributed by atoms with Gasteiger partial charge in [0.05, 0.1) is 0 Å². The van der Waals surface area contributed by atoms with E-state index in [1.807, 2.05) is 0 Å². The highest BCUT2D eigenvalue weighted by atomic mass is 35.5. The molecule has 28 heavy (non-hydrogen) atoms. The molecule has 0 atom stereocenters. The zero-order valence-electron chi connectivity index (χ0n) is 15.0. The van der Waals surface area contributed by atoms with Crippen molar-refractivity contribution < 1.29 is 23.6 Å². The molecule has 0 radical (unpaired) electrons. The Kier molecular flexibility index (Phi) is 9.53. The van der Waals surface area contributed by atoms with Crippen LogP contribution in [0.5, 0.6) is 0 Å². The van der Waals surface area contributed by atoms with Crippen LogP contribution in [-0.4, -0.2) is 23.4 Å². The predicted octanol–water partition coefficient (Wildman–Crippen LogP) is 3.06. The highest BCUT2D eigenvalue weighted by molar-refractivity contribution is 6.31. The van der Waals surface area contributed by atoms with Crippen LogP contribution in [0.15, 0.2) is 48.5 Å². The number of primary amides is 2. The first-order chi connectivity index (χ1) is 13.2. The van der Waals surface area contributed by atoms with Crippen molar-refractivity contribution in [1.82, 2.24) is 0 Å². The maximum absolute atomic E-state index is 12.7. The van der Waals surface area contributed by atoms with Gasteiger partial charge >= 0.3 is 0 Å². The number of carbonyl (C=O) groups excluding carboxylic acids is 4. The Hall–Kier alpha value is -3.06. The molecule has 0 spiro atoms. The molecule has 0 aliphatic rings. The summed E-state index contributed by atoms with van der Waals surface area (Å²) in [6.45, 7) is 0. The van der Waals surface area contributed by atoms with E-state index in [-0.39, 0.29) is 42.8 Å². The van der Waals surface area contributed by atoms with Crippen molar-refractivity contribution in [1.29, 1.82) is 0 Å². The Balaban J connectivity index is 0.000000280. The van der Waals surface area contributed by atoms with Crippen molar-refractivity contribution in [3.8, 4) is 0 Å². The molecule has 2 aromatic carbocycles. The summed E-state index contributed by atoms with van der Waals surface area (Å²) in [4.78, 5) is 43.6. The summed E-state index contributed by atoms with van der Waals surface area (Å²) < 4.78 is 12.7. The van der Waals surface area contributed by atoms with Crippen LogP contribution in [0.4, 0.5) is 4.39 Å². The van der Waals surface area contributed by atoms with Crippen LogP contribution < -0.4 is 11.5 Å². The summed E-state index contributed by atoms with van der Waals surface area (Å²) in [7, 11) is 0. The van der Waals surface area contributed by atoms with Crippen molar-refractivity contribution in [2.75, 3.05) is 0 Å². The second-order valence-corrected chi connectivity index (χ2v) is 6.24. The first-order valence-corrected chi connectivity index (χ1v) is 8.71. The normalized spacial score (nSPS) is 9.79. The van der Waals surface area contributed by atoms with Crippen molar-refractivity contribution in [2.45, 2.75) is 25.7 Å². The van der Waals surface area contributed by atoms with Gasteiger partial charge in [-0.15, -0.1) is 0 Å². The van der Waals surface area contributed by atoms with E-state index in [0.717, 1.165) is 6.07 Å². The Bertz CT molecular complexity index is 799. The van der Waals surface area contributed by atoms with Gasteiger partial charge in [0.2, 0.25) is 11.8 Å². The summed E-state index contributed by atoms with van der Waals surface area (Å²) in [5.74, 6) is -1.86. The largest absolute Gasteiger partial charge is 0.370 e. The molecule has 4 N–H and O–H groups in total. The Morgan fingerprint density at radius 3 is 1.64 bits per heavy atom. The second kappa shape index (κ2) is 11.6. The smallest absolute Gasteiger partial charge is 0.217 e. The average molecular weight is 407 g/mol. The van der Waals surface area contributed by atoms with E-state index in [2.05, 4.69) is 0 Å². The molecule has 0 bridgehead atoms. The number of benzene rings is 2. The van der Waals surface area contributed by atoms with Gasteiger partial charge in [-0.05, 0) is 24.3 Å². The van der Waals surface area contributed by atoms with Crippen LogP contribution in [0.25, 0.3) is 0 Å². The van der Waals surface area contributed by atoms with E-state index < -0.39 is 17.6 Å². The molecule has 8 heteroatoms. The first-order valence-electron chi connectivity index (χ1n) is 8.33. The molecule has 148 valence electrons. The molecule has 0 saturated heterocycles. The van der Waals surface area contributed by atoms with Crippen molar-refractivity contribution in [3.05, 3.63) is 70.5 Å². The molecule has 0 unspecified atom stereocenters. The van der Waals surface area contributed by atoms with Gasteiger partial charge < -0.3 is 11.5 Å². The fourth-order valence-electron chi connectivity index (χ4n) is 2.09. The third kappa shape index (κ3) is 9.05. The van der Waals surface area contributed by atoms with E-state index in [1.165, 1.54) is 18.2 Å². The van der Waals surface area contributed by atoms with Crippen LogP contribution in [0.2, 0.25) is 5.02 Å². The molecule has 2 aromatic rings. The maximum atomic E-state index is 12.7. The third-order valence-corrected chi connectivity index (χ3v) is 3.73. The molecule has 0 heterocycles. The van der Waals surface area contributed by atoms with Crippen molar-refractivity contribution in [3.63, 3.8) is 0 Å². The lowest BCUT2D eigenvalue weighted by molar-refractivity contribution is -0.118. The number of ketones is 2. The molecule has 2 amide bonds. The van der Waals surface area contributed by atoms with E-state index in [0.29, 0.717) is 10.6 Å². The summed E-state index contributed by atoms with van der Waals surface area (Å²) in [5, 5.41) is 0.509. The number of rotatable bonds is 8. The van der Waals surface area contributed by atoms with Gasteiger partial charge in [0.15, 0.2) is 11.6 Å². The van der Waals surface area contributed by atoms with Crippen LogP contribution >= 0.6 is 11.6 Å². The van der Waals surface area contributed by atoms with Crippen molar-refractivity contribution in [2.24, 2.45) is 11.5 Å². The fourth-order valence-corrected chi connectivity index (χ4v) is 2.28. The van der Waals surface area contributed by atoms with E-state index in [4.69, 9.17) is 23.1 Å². The van der Waals surface area contributed by atoms with Gasteiger partial charge in [0.25, 0.3) is 0 Å². The van der Waals surface area contributed by atoms with Crippen LogP contribution in [0.1, 0.15) is 46.4 Å². The Morgan fingerprint density at radius 1 is 0.750 bits per heavy atom. The highest BCUT2D eigenvalue weighted by Gasteiger charge is 2.08. The molecule has 0 saturated carbocycles. The molecule has 0 aliphatic heterocycles. The number of nitrogens with two attached hydrogens (primary N) is 2. The van der Waals surface area contributed by atoms with E-state index in [1.54, 1.807) is 24.3 Å². The second-order valence-electron chi connectivity index (χ2n) is 5.80. The molecule has 6 nitrogen and oxygen atoms in total. The van der Waals surface area contributed by atoms with Gasteiger partial charge in [0.1, 0.15) is 5.82 Å². The van der Waals surface area contributed by atoms with Gasteiger partial charge in [-0.3, -0.25) is 19.2 Å². The molecule has 0 aromatic heterocycles. The summed E-state index contributed by atoms with van der Waals surface area (Å²) in [6.07, 6.45) is 0.231. The lowest BCUT2D eigenvalue weighted by atomic mass is 10.1. The molecular weight excluding hydrogens is 387 g/mol. The van der Waals surface area contributed by atoms with Crippen molar-refractivity contribution >= 4 is 35.0 Å². The zero-order chi connectivity index (χ0) is 21.1. The maximum Gasteiger partial charge on any atom is 0.217 e. The topological polar surface area (TPSA) is 120 Å². The lowest BCUT2D eigenvalue weighted by Gasteiger charge is -1.99. The van der Waals surface area contributed by atoms with Gasteiger partial charge in [0, 0.05) is 41.8 Å². The predicted molar refractivity (Wildman–Crippen MR) is 103 cm³/mol. The zero-order valence-corrected chi connectivity index (χ0v) is 15.7. The molecular formula is C20H20ClFN2O4. The monoisotopic (exact) mass is 406 g/mol.